The van der Waals surface area contributed by atoms with Gasteiger partial charge in [-0.05, 0) is 43.2 Å². The molecule has 1 heterocycles. The Morgan fingerprint density at radius 1 is 1.14 bits per heavy atom. The highest BCUT2D eigenvalue weighted by Crippen LogP contribution is 2.16. The number of carbonyl (C=O) groups is 2. The van der Waals surface area contributed by atoms with Crippen LogP contribution in [-0.2, 0) is 9.53 Å². The zero-order valence-electron chi connectivity index (χ0n) is 16.2. The van der Waals surface area contributed by atoms with E-state index in [0.717, 1.165) is 29.5 Å². The summed E-state index contributed by atoms with van der Waals surface area (Å²) in [4.78, 5) is 38.0. The van der Waals surface area contributed by atoms with Crippen molar-refractivity contribution < 1.29 is 18.7 Å². The number of aromatic nitrogens is 1. The Morgan fingerprint density at radius 2 is 1.83 bits per heavy atom. The molecule has 0 saturated heterocycles. The summed E-state index contributed by atoms with van der Waals surface area (Å²) in [6, 6.07) is 5.90. The molecule has 1 unspecified atom stereocenters. The lowest BCUT2D eigenvalue weighted by Gasteiger charge is -2.19. The van der Waals surface area contributed by atoms with Crippen LogP contribution < -0.4 is 10.9 Å². The maximum absolute atomic E-state index is 13.2. The summed E-state index contributed by atoms with van der Waals surface area (Å²) >= 11 is 5.96. The highest BCUT2D eigenvalue weighted by molar-refractivity contribution is 6.30. The van der Waals surface area contributed by atoms with E-state index in [0.29, 0.717) is 19.6 Å². The van der Waals surface area contributed by atoms with Gasteiger partial charge >= 0.3 is 0 Å². The van der Waals surface area contributed by atoms with E-state index in [-0.39, 0.29) is 17.1 Å². The van der Waals surface area contributed by atoms with Gasteiger partial charge in [-0.3, -0.25) is 19.0 Å². The van der Waals surface area contributed by atoms with Crippen molar-refractivity contribution in [2.45, 2.75) is 32.2 Å². The number of nitrogens with zero attached hydrogens (tertiary/aromatic N) is 1. The number of carbonyl (C=O) groups excluding carboxylic acids is 2. The molecule has 1 aromatic heterocycles. The molecule has 2 rings (SSSR count). The van der Waals surface area contributed by atoms with Crippen LogP contribution >= 0.6 is 11.6 Å². The lowest BCUT2D eigenvalue weighted by Crippen LogP contribution is -2.41. The Hall–Kier alpha value is -2.51. The summed E-state index contributed by atoms with van der Waals surface area (Å²) in [5, 5.41) is 2.87. The van der Waals surface area contributed by atoms with Gasteiger partial charge in [-0.15, -0.1) is 0 Å². The monoisotopic (exact) mass is 422 g/mol. The van der Waals surface area contributed by atoms with Gasteiger partial charge < -0.3 is 10.1 Å². The van der Waals surface area contributed by atoms with E-state index in [1.807, 2.05) is 0 Å². The van der Waals surface area contributed by atoms with Crippen LogP contribution in [0.5, 0.6) is 0 Å². The largest absolute Gasteiger partial charge is 0.381 e. The number of ether oxygens (including phenoxy) is 1. The first-order chi connectivity index (χ1) is 13.9. The smallest absolute Gasteiger partial charge is 0.251 e. The molecule has 0 aliphatic heterocycles. The second kappa shape index (κ2) is 11.5. The van der Waals surface area contributed by atoms with Crippen LogP contribution in [0.25, 0.3) is 0 Å². The molecule has 1 atom stereocenters. The summed E-state index contributed by atoms with van der Waals surface area (Å²) in [6.45, 7) is 3.50. The normalized spacial score (nSPS) is 11.8. The Labute approximate surface area is 173 Å². The Bertz CT molecular complexity index is 883. The van der Waals surface area contributed by atoms with Gasteiger partial charge in [0.05, 0.1) is 5.02 Å². The van der Waals surface area contributed by atoms with E-state index in [4.69, 9.17) is 16.3 Å². The molecule has 156 valence electrons. The number of Topliss-reactive ketones (excluding diaryl/α,β-unsaturated/α-hetero) is 1. The van der Waals surface area contributed by atoms with Crippen molar-refractivity contribution >= 4 is 23.3 Å². The molecule has 0 radical (unpaired) electrons. The number of nitrogens with one attached hydrogen (secondary N) is 1. The summed E-state index contributed by atoms with van der Waals surface area (Å²) in [5.74, 6) is -1.78. The molecule has 29 heavy (non-hydrogen) atoms. The topological polar surface area (TPSA) is 77.4 Å². The number of hydrogen-bond donors (Lipinski definition) is 1. The number of pyridine rings is 1. The molecule has 0 saturated carbocycles. The molecular formula is C21H24ClFN2O4. The van der Waals surface area contributed by atoms with Crippen LogP contribution in [0, 0.1) is 5.82 Å². The number of hydrogen-bond acceptors (Lipinski definition) is 4. The van der Waals surface area contributed by atoms with Crippen LogP contribution in [0.4, 0.5) is 4.39 Å². The first-order valence-corrected chi connectivity index (χ1v) is 9.84. The van der Waals surface area contributed by atoms with E-state index in [1.54, 1.807) is 0 Å². The van der Waals surface area contributed by atoms with Crippen molar-refractivity contribution in [3.8, 4) is 0 Å². The van der Waals surface area contributed by atoms with E-state index in [1.165, 1.54) is 30.5 Å². The van der Waals surface area contributed by atoms with Crippen LogP contribution in [0.2, 0.25) is 5.02 Å². The van der Waals surface area contributed by atoms with Gasteiger partial charge in [0, 0.05) is 37.6 Å². The first-order valence-electron chi connectivity index (χ1n) is 9.47. The van der Waals surface area contributed by atoms with E-state index in [2.05, 4.69) is 12.2 Å². The van der Waals surface area contributed by atoms with Gasteiger partial charge in [-0.1, -0.05) is 24.9 Å². The molecular weight excluding hydrogens is 399 g/mol. The summed E-state index contributed by atoms with van der Waals surface area (Å²) in [6.07, 6.45) is 3.82. The van der Waals surface area contributed by atoms with Crippen molar-refractivity contribution in [1.29, 1.82) is 0 Å². The maximum Gasteiger partial charge on any atom is 0.251 e. The van der Waals surface area contributed by atoms with Crippen LogP contribution in [0.15, 0.2) is 47.4 Å². The average Bonchev–Trinajstić information content (AvgIpc) is 2.70. The van der Waals surface area contributed by atoms with Gasteiger partial charge in [0.15, 0.2) is 11.8 Å². The van der Waals surface area contributed by atoms with Gasteiger partial charge in [0.2, 0.25) is 0 Å². The fourth-order valence-corrected chi connectivity index (χ4v) is 2.82. The van der Waals surface area contributed by atoms with E-state index >= 15 is 0 Å². The fourth-order valence-electron chi connectivity index (χ4n) is 2.65. The first kappa shape index (κ1) is 22.8. The minimum Gasteiger partial charge on any atom is -0.381 e. The molecule has 0 aliphatic carbocycles. The third-order valence-corrected chi connectivity index (χ3v) is 4.44. The van der Waals surface area contributed by atoms with Gasteiger partial charge in [0.25, 0.3) is 11.5 Å². The standard InChI is InChI=1S/C21H24ClFN2O4/c1-2-3-12-29-13-4-11-24-21(28)19(25-14-16(22)7-10-18(25)26)20(27)15-5-8-17(23)9-6-15/h5-10,14,19H,2-4,11-13H2,1H3,(H,24,28). The van der Waals surface area contributed by atoms with Crippen molar-refractivity contribution in [1.82, 2.24) is 9.88 Å². The minimum absolute atomic E-state index is 0.112. The zero-order valence-corrected chi connectivity index (χ0v) is 17.0. The second-order valence-electron chi connectivity index (χ2n) is 6.48. The molecule has 0 aliphatic rings. The summed E-state index contributed by atoms with van der Waals surface area (Å²) < 4.78 is 19.6. The van der Waals surface area contributed by atoms with Gasteiger partial charge in [0.1, 0.15) is 5.82 Å². The molecule has 0 spiro atoms. The van der Waals surface area contributed by atoms with E-state index < -0.39 is 29.1 Å². The molecule has 1 amide bonds. The Balaban J connectivity index is 2.15. The predicted octanol–water partition coefficient (Wildman–Crippen LogP) is 3.39. The lowest BCUT2D eigenvalue weighted by molar-refractivity contribution is -0.123. The molecule has 0 bridgehead atoms. The molecule has 0 fully saturated rings. The maximum atomic E-state index is 13.2. The van der Waals surface area contributed by atoms with Gasteiger partial charge in [-0.2, -0.15) is 0 Å². The Morgan fingerprint density at radius 3 is 2.52 bits per heavy atom. The number of halogens is 2. The van der Waals surface area contributed by atoms with Crippen molar-refractivity contribution in [2.75, 3.05) is 19.8 Å². The fraction of sp³-hybridized carbons (Fsp3) is 0.381. The van der Waals surface area contributed by atoms with Crippen molar-refractivity contribution in [3.05, 3.63) is 69.4 Å². The van der Waals surface area contributed by atoms with Crippen LogP contribution in [-0.4, -0.2) is 36.0 Å². The quantitative estimate of drug-likeness (QED) is 0.342. The Kier molecular flexibility index (Phi) is 9.02. The predicted molar refractivity (Wildman–Crippen MR) is 109 cm³/mol. The minimum atomic E-state index is -1.45. The summed E-state index contributed by atoms with van der Waals surface area (Å²) in [5.41, 5.74) is -0.436. The highest BCUT2D eigenvalue weighted by Gasteiger charge is 2.30. The van der Waals surface area contributed by atoms with Crippen LogP contribution in [0.1, 0.15) is 42.6 Å². The number of unbranched alkanes of at least 4 members (excludes halogenated alkanes) is 1. The van der Waals surface area contributed by atoms with Crippen LogP contribution in [0.3, 0.4) is 0 Å². The number of benzene rings is 1. The highest BCUT2D eigenvalue weighted by atomic mass is 35.5. The molecule has 8 heteroatoms. The van der Waals surface area contributed by atoms with E-state index in [9.17, 15) is 18.8 Å². The number of rotatable bonds is 11. The second-order valence-corrected chi connectivity index (χ2v) is 6.91. The molecule has 6 nitrogen and oxygen atoms in total. The number of amides is 1. The third kappa shape index (κ3) is 6.80. The zero-order chi connectivity index (χ0) is 21.2. The number of ketones is 1. The molecule has 2 aromatic rings. The molecule has 1 aromatic carbocycles. The van der Waals surface area contributed by atoms with Crippen molar-refractivity contribution in [3.63, 3.8) is 0 Å². The van der Waals surface area contributed by atoms with Gasteiger partial charge in [-0.25, -0.2) is 4.39 Å². The summed E-state index contributed by atoms with van der Waals surface area (Å²) in [7, 11) is 0. The van der Waals surface area contributed by atoms with Crippen molar-refractivity contribution in [2.24, 2.45) is 0 Å². The SMILES string of the molecule is CCCCOCCCNC(=O)C(C(=O)c1ccc(F)cc1)n1cc(Cl)ccc1=O. The lowest BCUT2D eigenvalue weighted by atomic mass is 10.0. The molecule has 1 N–H and O–H groups in total. The third-order valence-electron chi connectivity index (χ3n) is 4.21. The average molecular weight is 423 g/mol.